The van der Waals surface area contributed by atoms with Gasteiger partial charge in [0.1, 0.15) is 11.5 Å². The molecule has 2 heterocycles. The molecule has 3 aromatic rings. The van der Waals surface area contributed by atoms with E-state index in [4.69, 9.17) is 9.15 Å². The number of amides is 2. The molecule has 32 heavy (non-hydrogen) atoms. The van der Waals surface area contributed by atoms with Gasteiger partial charge in [-0.2, -0.15) is 0 Å². The van der Waals surface area contributed by atoms with Crippen LogP contribution in [0, 0.1) is 0 Å². The van der Waals surface area contributed by atoms with Gasteiger partial charge >= 0.3 is 0 Å². The van der Waals surface area contributed by atoms with Crippen molar-refractivity contribution in [3.8, 4) is 0 Å². The largest absolute Gasteiger partial charge is 0.465 e. The van der Waals surface area contributed by atoms with Crippen LogP contribution in [0.4, 0.5) is 5.69 Å². The van der Waals surface area contributed by atoms with Crippen LogP contribution in [-0.2, 0) is 16.1 Å². The predicted octanol–water partition coefficient (Wildman–Crippen LogP) is 3.20. The lowest BCUT2D eigenvalue weighted by Crippen LogP contribution is -2.36. The molecule has 0 unspecified atom stereocenters. The van der Waals surface area contributed by atoms with E-state index in [2.05, 4.69) is 15.5 Å². The highest BCUT2D eigenvalue weighted by Gasteiger charge is 2.15. The highest BCUT2D eigenvalue weighted by Crippen LogP contribution is 2.17. The SMILES string of the molecule is O=C(NCc1ccc(N2CCOCC2)cc1)/C(=C/c1ccco1)NC(=O)c1ccccc1. The number of morpholine rings is 1. The lowest BCUT2D eigenvalue weighted by Gasteiger charge is -2.28. The highest BCUT2D eigenvalue weighted by molar-refractivity contribution is 6.05. The van der Waals surface area contributed by atoms with Crippen molar-refractivity contribution in [1.29, 1.82) is 0 Å². The summed E-state index contributed by atoms with van der Waals surface area (Å²) in [6.07, 6.45) is 3.02. The molecule has 4 rings (SSSR count). The highest BCUT2D eigenvalue weighted by atomic mass is 16.5. The van der Waals surface area contributed by atoms with Gasteiger partial charge in [0.25, 0.3) is 11.8 Å². The third kappa shape index (κ3) is 5.65. The lowest BCUT2D eigenvalue weighted by atomic mass is 10.1. The Kier molecular flexibility index (Phi) is 6.99. The van der Waals surface area contributed by atoms with Crippen LogP contribution in [0.25, 0.3) is 6.08 Å². The molecule has 0 bridgehead atoms. The van der Waals surface area contributed by atoms with Crippen LogP contribution in [-0.4, -0.2) is 38.1 Å². The standard InChI is InChI=1S/C25H25N3O4/c29-24(20-5-2-1-3-6-20)27-23(17-22-7-4-14-32-22)25(30)26-18-19-8-10-21(11-9-19)28-12-15-31-16-13-28/h1-11,14,17H,12-13,15-16,18H2,(H,26,30)(H,27,29)/b23-17-. The number of furan rings is 1. The number of rotatable bonds is 7. The Balaban J connectivity index is 1.41. The van der Waals surface area contributed by atoms with Gasteiger partial charge in [0.05, 0.1) is 19.5 Å². The van der Waals surface area contributed by atoms with E-state index >= 15 is 0 Å². The van der Waals surface area contributed by atoms with Gasteiger partial charge in [-0.05, 0) is 42.0 Å². The third-order valence-electron chi connectivity index (χ3n) is 5.12. The number of carbonyl (C=O) groups excluding carboxylic acids is 2. The summed E-state index contributed by atoms with van der Waals surface area (Å²) in [6.45, 7) is 3.55. The molecule has 1 aliphatic heterocycles. The van der Waals surface area contributed by atoms with Crippen molar-refractivity contribution in [2.24, 2.45) is 0 Å². The first-order chi connectivity index (χ1) is 15.7. The summed E-state index contributed by atoms with van der Waals surface area (Å²) >= 11 is 0. The van der Waals surface area contributed by atoms with Crippen LogP contribution in [0.15, 0.2) is 83.1 Å². The number of benzene rings is 2. The Morgan fingerprint density at radius 2 is 1.69 bits per heavy atom. The number of nitrogens with one attached hydrogen (secondary N) is 2. The molecule has 2 N–H and O–H groups in total. The van der Waals surface area contributed by atoms with Gasteiger partial charge in [-0.1, -0.05) is 30.3 Å². The molecule has 164 valence electrons. The molecule has 1 fully saturated rings. The van der Waals surface area contributed by atoms with Crippen molar-refractivity contribution in [3.63, 3.8) is 0 Å². The summed E-state index contributed by atoms with van der Waals surface area (Å²) < 4.78 is 10.7. The smallest absolute Gasteiger partial charge is 0.268 e. The molecule has 1 saturated heterocycles. The number of hydrogen-bond acceptors (Lipinski definition) is 5. The van der Waals surface area contributed by atoms with Crippen LogP contribution in [0.5, 0.6) is 0 Å². The van der Waals surface area contributed by atoms with Crippen molar-refractivity contribution in [1.82, 2.24) is 10.6 Å². The first-order valence-electron chi connectivity index (χ1n) is 10.5. The zero-order chi connectivity index (χ0) is 22.2. The van der Waals surface area contributed by atoms with Gasteiger partial charge in [0, 0.05) is 37.0 Å². The summed E-state index contributed by atoms with van der Waals surface area (Å²) in [5.41, 5.74) is 2.67. The number of carbonyl (C=O) groups is 2. The minimum Gasteiger partial charge on any atom is -0.465 e. The predicted molar refractivity (Wildman–Crippen MR) is 122 cm³/mol. The van der Waals surface area contributed by atoms with Gasteiger partial charge in [0.15, 0.2) is 0 Å². The molecule has 0 aliphatic carbocycles. The Morgan fingerprint density at radius 3 is 2.38 bits per heavy atom. The first-order valence-corrected chi connectivity index (χ1v) is 10.5. The third-order valence-corrected chi connectivity index (χ3v) is 5.12. The summed E-state index contributed by atoms with van der Waals surface area (Å²) in [5, 5.41) is 5.56. The summed E-state index contributed by atoms with van der Waals surface area (Å²) in [4.78, 5) is 27.7. The molecule has 7 heteroatoms. The molecular formula is C25H25N3O4. The van der Waals surface area contributed by atoms with Gasteiger partial charge in [-0.3, -0.25) is 9.59 Å². The second-order valence-electron chi connectivity index (χ2n) is 7.34. The lowest BCUT2D eigenvalue weighted by molar-refractivity contribution is -0.117. The molecule has 1 aliphatic rings. The van der Waals surface area contributed by atoms with Crippen molar-refractivity contribution >= 4 is 23.6 Å². The zero-order valence-electron chi connectivity index (χ0n) is 17.6. The van der Waals surface area contributed by atoms with Crippen molar-refractivity contribution in [2.45, 2.75) is 6.54 Å². The number of anilines is 1. The summed E-state index contributed by atoms with van der Waals surface area (Å²) in [5.74, 6) is -0.297. The Labute approximate surface area is 186 Å². The number of hydrogen-bond donors (Lipinski definition) is 2. The van der Waals surface area contributed by atoms with Crippen molar-refractivity contribution < 1.29 is 18.7 Å². The minimum atomic E-state index is -0.400. The molecule has 0 atom stereocenters. The molecule has 7 nitrogen and oxygen atoms in total. The fourth-order valence-corrected chi connectivity index (χ4v) is 3.38. The van der Waals surface area contributed by atoms with Gasteiger partial charge in [-0.25, -0.2) is 0 Å². The van der Waals surface area contributed by atoms with Crippen LogP contribution in [0.3, 0.4) is 0 Å². The number of ether oxygens (including phenoxy) is 1. The molecule has 0 radical (unpaired) electrons. The second kappa shape index (κ2) is 10.5. The average molecular weight is 431 g/mol. The van der Waals surface area contributed by atoms with E-state index in [0.717, 1.165) is 37.6 Å². The average Bonchev–Trinajstić information content (AvgIpc) is 3.37. The van der Waals surface area contributed by atoms with E-state index in [1.807, 2.05) is 30.3 Å². The molecule has 0 spiro atoms. The zero-order valence-corrected chi connectivity index (χ0v) is 17.6. The van der Waals surface area contributed by atoms with E-state index in [9.17, 15) is 9.59 Å². The van der Waals surface area contributed by atoms with E-state index < -0.39 is 5.91 Å². The Hall–Kier alpha value is -3.84. The van der Waals surface area contributed by atoms with Gasteiger partial charge in [0.2, 0.25) is 0 Å². The maximum absolute atomic E-state index is 12.9. The van der Waals surface area contributed by atoms with Crippen molar-refractivity contribution in [3.05, 3.63) is 95.6 Å². The normalized spacial score (nSPS) is 14.1. The molecular weight excluding hydrogens is 406 g/mol. The fourth-order valence-electron chi connectivity index (χ4n) is 3.38. The topological polar surface area (TPSA) is 83.8 Å². The molecule has 0 saturated carbocycles. The van der Waals surface area contributed by atoms with E-state index in [0.29, 0.717) is 17.9 Å². The van der Waals surface area contributed by atoms with Gasteiger partial charge in [-0.15, -0.1) is 0 Å². The van der Waals surface area contributed by atoms with Crippen LogP contribution < -0.4 is 15.5 Å². The van der Waals surface area contributed by atoms with Crippen LogP contribution in [0.1, 0.15) is 21.7 Å². The summed E-state index contributed by atoms with van der Waals surface area (Å²) in [7, 11) is 0. The molecule has 2 aromatic carbocycles. The second-order valence-corrected chi connectivity index (χ2v) is 7.34. The monoisotopic (exact) mass is 431 g/mol. The molecule has 2 amide bonds. The number of nitrogens with zero attached hydrogens (tertiary/aromatic N) is 1. The van der Waals surface area contributed by atoms with E-state index in [-0.39, 0.29) is 11.6 Å². The maximum atomic E-state index is 12.9. The Morgan fingerprint density at radius 1 is 0.938 bits per heavy atom. The first kappa shape index (κ1) is 21.4. The fraction of sp³-hybridized carbons (Fsp3) is 0.200. The van der Waals surface area contributed by atoms with Gasteiger partial charge < -0.3 is 24.7 Å². The van der Waals surface area contributed by atoms with E-state index in [1.165, 1.54) is 12.3 Å². The quantitative estimate of drug-likeness (QED) is 0.562. The Bertz CT molecular complexity index is 1050. The van der Waals surface area contributed by atoms with Crippen LogP contribution >= 0.6 is 0 Å². The molecule has 1 aromatic heterocycles. The summed E-state index contributed by atoms with van der Waals surface area (Å²) in [6, 6.07) is 20.2. The maximum Gasteiger partial charge on any atom is 0.268 e. The minimum absolute atomic E-state index is 0.110. The van der Waals surface area contributed by atoms with Crippen molar-refractivity contribution in [2.75, 3.05) is 31.2 Å². The van der Waals surface area contributed by atoms with E-state index in [1.54, 1.807) is 36.4 Å². The van der Waals surface area contributed by atoms with Crippen LogP contribution in [0.2, 0.25) is 0 Å².